The standard InChI is InChI=1S/C24H27NO7/c1-7-16-11-19(23(27)28)18(12-20(16)30-6)17-9-8-14(4)25-22(17)24(29)32-15(5)31-21(26)10-13(2)3/h7-9,11-13,15H,1,10H2,2-6H3,(H,27,28). The third-order valence-corrected chi connectivity index (χ3v) is 4.48. The minimum atomic E-state index is -1.19. The van der Waals surface area contributed by atoms with Crippen molar-refractivity contribution < 1.29 is 33.7 Å². The Bertz CT molecular complexity index is 1040. The maximum absolute atomic E-state index is 12.9. The predicted octanol–water partition coefficient (Wildman–Crippen LogP) is 4.50. The van der Waals surface area contributed by atoms with Crippen LogP contribution in [0.5, 0.6) is 5.75 Å². The molecule has 32 heavy (non-hydrogen) atoms. The topological polar surface area (TPSA) is 112 Å². The average molecular weight is 441 g/mol. The molecular weight excluding hydrogens is 414 g/mol. The quantitative estimate of drug-likeness (QED) is 0.447. The molecule has 1 atom stereocenters. The number of carbonyl (C=O) groups is 3. The molecule has 0 saturated carbocycles. The van der Waals surface area contributed by atoms with Crippen molar-refractivity contribution in [3.8, 4) is 16.9 Å². The van der Waals surface area contributed by atoms with E-state index in [1.165, 1.54) is 32.2 Å². The van der Waals surface area contributed by atoms with Gasteiger partial charge in [-0.15, -0.1) is 0 Å². The van der Waals surface area contributed by atoms with Crippen LogP contribution in [0.4, 0.5) is 0 Å². The number of esters is 2. The highest BCUT2D eigenvalue weighted by Crippen LogP contribution is 2.34. The Morgan fingerprint density at radius 1 is 1.12 bits per heavy atom. The van der Waals surface area contributed by atoms with Gasteiger partial charge >= 0.3 is 17.9 Å². The minimum absolute atomic E-state index is 0.0585. The van der Waals surface area contributed by atoms with Crippen molar-refractivity contribution in [1.82, 2.24) is 4.98 Å². The number of carboxylic acid groups (broad SMARTS) is 1. The second-order valence-electron chi connectivity index (χ2n) is 7.56. The van der Waals surface area contributed by atoms with E-state index in [-0.39, 0.29) is 34.7 Å². The molecule has 2 aromatic rings. The average Bonchev–Trinajstić information content (AvgIpc) is 2.71. The van der Waals surface area contributed by atoms with Crippen LogP contribution >= 0.6 is 0 Å². The van der Waals surface area contributed by atoms with Crippen molar-refractivity contribution in [3.05, 3.63) is 53.4 Å². The maximum atomic E-state index is 12.9. The summed E-state index contributed by atoms with van der Waals surface area (Å²) in [5.41, 5.74) is 1.32. The summed E-state index contributed by atoms with van der Waals surface area (Å²) in [5, 5.41) is 9.74. The van der Waals surface area contributed by atoms with Gasteiger partial charge in [0, 0.05) is 35.7 Å². The number of carboxylic acids is 1. The zero-order valence-electron chi connectivity index (χ0n) is 18.8. The number of ether oxygens (including phenoxy) is 3. The molecule has 0 radical (unpaired) electrons. The minimum Gasteiger partial charge on any atom is -0.496 e. The highest BCUT2D eigenvalue weighted by atomic mass is 16.7. The van der Waals surface area contributed by atoms with E-state index in [0.29, 0.717) is 17.0 Å². The Morgan fingerprint density at radius 2 is 1.81 bits per heavy atom. The fourth-order valence-corrected chi connectivity index (χ4v) is 3.06. The van der Waals surface area contributed by atoms with Crippen molar-refractivity contribution >= 4 is 24.0 Å². The van der Waals surface area contributed by atoms with Crippen LogP contribution in [-0.2, 0) is 14.3 Å². The highest BCUT2D eigenvalue weighted by Gasteiger charge is 2.25. The summed E-state index contributed by atoms with van der Waals surface area (Å²) in [6.07, 6.45) is 0.526. The molecule has 8 nitrogen and oxygen atoms in total. The lowest BCUT2D eigenvalue weighted by Crippen LogP contribution is -2.23. The number of methoxy groups -OCH3 is 1. The summed E-state index contributed by atoms with van der Waals surface area (Å²) in [6, 6.07) is 6.16. The number of aromatic nitrogens is 1. The van der Waals surface area contributed by atoms with Crippen molar-refractivity contribution in [1.29, 1.82) is 0 Å². The molecular formula is C24H27NO7. The van der Waals surface area contributed by atoms with Gasteiger partial charge in [-0.2, -0.15) is 0 Å². The first-order chi connectivity index (χ1) is 15.1. The normalized spacial score (nSPS) is 11.6. The predicted molar refractivity (Wildman–Crippen MR) is 118 cm³/mol. The molecule has 1 heterocycles. The van der Waals surface area contributed by atoms with E-state index in [2.05, 4.69) is 11.6 Å². The SMILES string of the molecule is C=Cc1cc(C(=O)O)c(-c2ccc(C)nc2C(=O)OC(C)OC(=O)CC(C)C)cc1OC. The van der Waals surface area contributed by atoms with Crippen LogP contribution in [0.25, 0.3) is 17.2 Å². The van der Waals surface area contributed by atoms with Crippen molar-refractivity contribution in [2.75, 3.05) is 7.11 Å². The molecule has 0 bridgehead atoms. The lowest BCUT2D eigenvalue weighted by atomic mass is 9.95. The van der Waals surface area contributed by atoms with Gasteiger partial charge < -0.3 is 19.3 Å². The largest absolute Gasteiger partial charge is 0.496 e. The molecule has 0 aliphatic rings. The van der Waals surface area contributed by atoms with Crippen LogP contribution in [-0.4, -0.2) is 41.4 Å². The summed E-state index contributed by atoms with van der Waals surface area (Å²) >= 11 is 0. The van der Waals surface area contributed by atoms with Crippen molar-refractivity contribution in [2.24, 2.45) is 5.92 Å². The van der Waals surface area contributed by atoms with Gasteiger partial charge in [-0.1, -0.05) is 32.6 Å². The molecule has 0 amide bonds. The molecule has 0 spiro atoms. The fourth-order valence-electron chi connectivity index (χ4n) is 3.06. The third-order valence-electron chi connectivity index (χ3n) is 4.48. The number of rotatable bonds is 9. The Morgan fingerprint density at radius 3 is 2.38 bits per heavy atom. The summed E-state index contributed by atoms with van der Waals surface area (Å²) in [5.74, 6) is -2.05. The van der Waals surface area contributed by atoms with Gasteiger partial charge in [-0.3, -0.25) is 4.79 Å². The number of hydrogen-bond acceptors (Lipinski definition) is 7. The second-order valence-corrected chi connectivity index (χ2v) is 7.56. The van der Waals surface area contributed by atoms with Crippen LogP contribution in [0, 0.1) is 12.8 Å². The van der Waals surface area contributed by atoms with E-state index in [1.54, 1.807) is 19.1 Å². The van der Waals surface area contributed by atoms with Gasteiger partial charge in [-0.25, -0.2) is 14.6 Å². The van der Waals surface area contributed by atoms with E-state index in [9.17, 15) is 19.5 Å². The first-order valence-corrected chi connectivity index (χ1v) is 10.0. The van der Waals surface area contributed by atoms with Crippen LogP contribution in [0.1, 0.15) is 59.3 Å². The molecule has 1 unspecified atom stereocenters. The van der Waals surface area contributed by atoms with Gasteiger partial charge in [0.05, 0.1) is 12.7 Å². The Labute approximate surface area is 186 Å². The van der Waals surface area contributed by atoms with Crippen LogP contribution in [0.3, 0.4) is 0 Å². The van der Waals surface area contributed by atoms with Crippen molar-refractivity contribution in [3.63, 3.8) is 0 Å². The number of aromatic carboxylic acids is 1. The van der Waals surface area contributed by atoms with Crippen molar-refractivity contribution in [2.45, 2.75) is 40.4 Å². The second kappa shape index (κ2) is 10.6. The van der Waals surface area contributed by atoms with E-state index in [0.717, 1.165) is 0 Å². The molecule has 0 saturated heterocycles. The number of aryl methyl sites for hydroxylation is 1. The summed E-state index contributed by atoms with van der Waals surface area (Å²) in [6.45, 7) is 10.5. The number of nitrogens with zero attached hydrogens (tertiary/aromatic N) is 1. The lowest BCUT2D eigenvalue weighted by molar-refractivity contribution is -0.166. The first kappa shape index (κ1) is 24.6. The van der Waals surface area contributed by atoms with Gasteiger partial charge in [0.25, 0.3) is 0 Å². The Hall–Kier alpha value is -3.68. The zero-order chi connectivity index (χ0) is 24.0. The molecule has 0 aliphatic carbocycles. The third kappa shape index (κ3) is 5.94. The molecule has 1 aromatic carbocycles. The zero-order valence-corrected chi connectivity index (χ0v) is 18.8. The highest BCUT2D eigenvalue weighted by molar-refractivity contribution is 6.02. The number of benzene rings is 1. The van der Waals surface area contributed by atoms with E-state index >= 15 is 0 Å². The molecule has 8 heteroatoms. The van der Waals surface area contributed by atoms with Gasteiger partial charge in [0.15, 0.2) is 5.69 Å². The number of carbonyl (C=O) groups excluding carboxylic acids is 2. The monoisotopic (exact) mass is 441 g/mol. The van der Waals surface area contributed by atoms with E-state index < -0.39 is 24.2 Å². The van der Waals surface area contributed by atoms with Gasteiger partial charge in [-0.05, 0) is 31.0 Å². The van der Waals surface area contributed by atoms with Gasteiger partial charge in [0.1, 0.15) is 5.75 Å². The maximum Gasteiger partial charge on any atom is 0.360 e. The molecule has 170 valence electrons. The van der Waals surface area contributed by atoms with Crippen LogP contribution in [0.2, 0.25) is 0 Å². The Balaban J connectivity index is 2.49. The summed E-state index contributed by atoms with van der Waals surface area (Å²) in [4.78, 5) is 40.9. The first-order valence-electron chi connectivity index (χ1n) is 10.0. The van der Waals surface area contributed by atoms with E-state index in [4.69, 9.17) is 14.2 Å². The van der Waals surface area contributed by atoms with E-state index in [1.807, 2.05) is 13.8 Å². The molecule has 2 rings (SSSR count). The number of hydrogen-bond donors (Lipinski definition) is 1. The summed E-state index contributed by atoms with van der Waals surface area (Å²) < 4.78 is 15.7. The molecule has 0 aliphatic heterocycles. The fraction of sp³-hybridized carbons (Fsp3) is 0.333. The molecule has 1 N–H and O–H groups in total. The molecule has 1 aromatic heterocycles. The van der Waals surface area contributed by atoms with Gasteiger partial charge in [0.2, 0.25) is 6.29 Å². The number of pyridine rings is 1. The van der Waals surface area contributed by atoms with Crippen LogP contribution < -0.4 is 4.74 Å². The molecule has 0 fully saturated rings. The summed E-state index contributed by atoms with van der Waals surface area (Å²) in [7, 11) is 1.45. The lowest BCUT2D eigenvalue weighted by Gasteiger charge is -2.17. The van der Waals surface area contributed by atoms with Crippen LogP contribution in [0.15, 0.2) is 30.8 Å². The smallest absolute Gasteiger partial charge is 0.360 e. The Kier molecular flexibility index (Phi) is 8.12.